The Morgan fingerprint density at radius 3 is 2.63 bits per heavy atom. The number of benzene rings is 1. The molecule has 3 aromatic rings. The molecule has 3 rings (SSSR count). The summed E-state index contributed by atoms with van der Waals surface area (Å²) in [6.45, 7) is 10.6. The molecule has 30 heavy (non-hydrogen) atoms. The number of ketones is 1. The van der Waals surface area contributed by atoms with Gasteiger partial charge in [0, 0.05) is 43.3 Å². The Morgan fingerprint density at radius 1 is 1.17 bits per heavy atom. The summed E-state index contributed by atoms with van der Waals surface area (Å²) in [5.74, 6) is 0.292. The van der Waals surface area contributed by atoms with Crippen LogP contribution in [0.1, 0.15) is 42.0 Å². The maximum absolute atomic E-state index is 13.0. The lowest BCUT2D eigenvalue weighted by atomic mass is 10.2. The molecule has 6 nitrogen and oxygen atoms in total. The number of aryl methyl sites for hydroxylation is 1. The van der Waals surface area contributed by atoms with Crippen molar-refractivity contribution in [2.75, 3.05) is 19.0 Å². The van der Waals surface area contributed by atoms with Gasteiger partial charge in [-0.25, -0.2) is 4.98 Å². The Bertz CT molecular complexity index is 1100. The van der Waals surface area contributed by atoms with Gasteiger partial charge in [-0.1, -0.05) is 23.9 Å². The van der Waals surface area contributed by atoms with E-state index >= 15 is 0 Å². The second-order valence-corrected chi connectivity index (χ2v) is 8.10. The summed E-state index contributed by atoms with van der Waals surface area (Å²) in [5.41, 5.74) is 3.40. The summed E-state index contributed by atoms with van der Waals surface area (Å²) in [5, 5.41) is 1.17. The standard InChI is InChI=1S/C23H29N3O3S/c1-5-25-16(3)14-19(17(25)4)21(27)15-30-23-24-20-11-8-7-10-18(20)22(28)26(23)12-9-13-29-6-2/h7-8,10-11,14H,5-6,9,12-13,15H2,1-4H3. The van der Waals surface area contributed by atoms with Gasteiger partial charge in [-0.3, -0.25) is 14.2 Å². The molecule has 0 amide bonds. The van der Waals surface area contributed by atoms with Gasteiger partial charge in [0.15, 0.2) is 10.9 Å². The Morgan fingerprint density at radius 2 is 1.93 bits per heavy atom. The summed E-state index contributed by atoms with van der Waals surface area (Å²) in [6.07, 6.45) is 0.715. The van der Waals surface area contributed by atoms with Crippen molar-refractivity contribution in [3.05, 3.63) is 57.6 Å². The minimum Gasteiger partial charge on any atom is -0.382 e. The molecule has 0 aliphatic rings. The molecular weight excluding hydrogens is 398 g/mol. The number of nitrogens with zero attached hydrogens (tertiary/aromatic N) is 3. The van der Waals surface area contributed by atoms with Gasteiger partial charge in [0.05, 0.1) is 16.7 Å². The number of rotatable bonds is 10. The molecule has 1 aromatic carbocycles. The van der Waals surface area contributed by atoms with Crippen molar-refractivity contribution in [2.45, 2.75) is 52.4 Å². The van der Waals surface area contributed by atoms with Gasteiger partial charge < -0.3 is 9.30 Å². The molecular formula is C23H29N3O3S. The largest absolute Gasteiger partial charge is 0.382 e. The van der Waals surface area contributed by atoms with Gasteiger partial charge in [0.1, 0.15) is 0 Å². The lowest BCUT2D eigenvalue weighted by Crippen LogP contribution is -2.24. The first-order valence-corrected chi connectivity index (χ1v) is 11.4. The molecule has 0 aliphatic heterocycles. The summed E-state index contributed by atoms with van der Waals surface area (Å²) in [7, 11) is 0. The SMILES string of the molecule is CCOCCCn1c(SCC(=O)c2cc(C)n(CC)c2C)nc2ccccc2c1=O. The lowest BCUT2D eigenvalue weighted by molar-refractivity contribution is 0.102. The highest BCUT2D eigenvalue weighted by molar-refractivity contribution is 7.99. The molecule has 0 spiro atoms. The van der Waals surface area contributed by atoms with Gasteiger partial charge in [0.25, 0.3) is 5.56 Å². The van der Waals surface area contributed by atoms with Crippen LogP contribution < -0.4 is 5.56 Å². The Labute approximate surface area is 181 Å². The van der Waals surface area contributed by atoms with Crippen LogP contribution in [0.2, 0.25) is 0 Å². The molecule has 2 aromatic heterocycles. The zero-order valence-electron chi connectivity index (χ0n) is 18.1. The number of hydrogen-bond acceptors (Lipinski definition) is 5. The molecule has 0 saturated heterocycles. The van der Waals surface area contributed by atoms with Crippen molar-refractivity contribution in [1.29, 1.82) is 0 Å². The van der Waals surface area contributed by atoms with E-state index in [0.29, 0.717) is 42.2 Å². The number of aromatic nitrogens is 3. The highest BCUT2D eigenvalue weighted by Crippen LogP contribution is 2.22. The molecule has 2 heterocycles. The van der Waals surface area contributed by atoms with Crippen LogP contribution in [0.4, 0.5) is 0 Å². The summed E-state index contributed by atoms with van der Waals surface area (Å²) >= 11 is 1.33. The molecule has 0 saturated carbocycles. The minimum atomic E-state index is -0.0730. The van der Waals surface area contributed by atoms with Crippen LogP contribution >= 0.6 is 11.8 Å². The molecule has 0 aliphatic carbocycles. The van der Waals surface area contributed by atoms with Crippen LogP contribution in [0.5, 0.6) is 0 Å². The van der Waals surface area contributed by atoms with E-state index in [4.69, 9.17) is 4.74 Å². The van der Waals surface area contributed by atoms with Crippen molar-refractivity contribution in [3.63, 3.8) is 0 Å². The van der Waals surface area contributed by atoms with E-state index in [1.807, 2.05) is 45.0 Å². The number of carbonyl (C=O) groups excluding carboxylic acids is 1. The minimum absolute atomic E-state index is 0.0519. The van der Waals surface area contributed by atoms with Gasteiger partial charge in [-0.05, 0) is 52.3 Å². The van der Waals surface area contributed by atoms with Gasteiger partial charge in [-0.2, -0.15) is 0 Å². The number of para-hydroxylation sites is 1. The van der Waals surface area contributed by atoms with Gasteiger partial charge in [-0.15, -0.1) is 0 Å². The third kappa shape index (κ3) is 4.68. The zero-order valence-corrected chi connectivity index (χ0v) is 18.9. The van der Waals surface area contributed by atoms with Crippen molar-refractivity contribution >= 4 is 28.4 Å². The van der Waals surface area contributed by atoms with Gasteiger partial charge in [0.2, 0.25) is 0 Å². The van der Waals surface area contributed by atoms with Crippen LogP contribution in [0.25, 0.3) is 10.9 Å². The Kier molecular flexibility index (Phi) is 7.50. The van der Waals surface area contributed by atoms with Crippen LogP contribution in [-0.2, 0) is 17.8 Å². The number of carbonyl (C=O) groups is 1. The fraction of sp³-hybridized carbons (Fsp3) is 0.435. The number of fused-ring (bicyclic) bond motifs is 1. The van der Waals surface area contributed by atoms with E-state index in [2.05, 4.69) is 16.5 Å². The van der Waals surface area contributed by atoms with Crippen LogP contribution in [0.3, 0.4) is 0 Å². The first-order chi connectivity index (χ1) is 14.5. The fourth-order valence-corrected chi connectivity index (χ4v) is 4.61. The van der Waals surface area contributed by atoms with Crippen molar-refractivity contribution in [1.82, 2.24) is 14.1 Å². The molecule has 0 bridgehead atoms. The second-order valence-electron chi connectivity index (χ2n) is 7.16. The van der Waals surface area contributed by atoms with Crippen LogP contribution in [-0.4, -0.2) is 38.9 Å². The Hall–Kier alpha value is -2.38. The Balaban J connectivity index is 1.86. The normalized spacial score (nSPS) is 11.3. The number of thioether (sulfide) groups is 1. The molecule has 0 radical (unpaired) electrons. The highest BCUT2D eigenvalue weighted by atomic mass is 32.2. The summed E-state index contributed by atoms with van der Waals surface area (Å²) in [4.78, 5) is 30.6. The van der Waals surface area contributed by atoms with Crippen molar-refractivity contribution in [2.24, 2.45) is 0 Å². The third-order valence-corrected chi connectivity index (χ3v) is 6.20. The second kappa shape index (κ2) is 10.1. The predicted octanol–water partition coefficient (Wildman–Crippen LogP) is 4.24. The lowest BCUT2D eigenvalue weighted by Gasteiger charge is -2.13. The number of ether oxygens (including phenoxy) is 1. The first kappa shape index (κ1) is 22.3. The average molecular weight is 428 g/mol. The van der Waals surface area contributed by atoms with Crippen LogP contribution in [0, 0.1) is 13.8 Å². The number of Topliss-reactive ketones (excluding diaryl/α,β-unsaturated/α-hetero) is 1. The van der Waals surface area contributed by atoms with Gasteiger partial charge >= 0.3 is 0 Å². The van der Waals surface area contributed by atoms with E-state index in [1.165, 1.54) is 11.8 Å². The molecule has 0 fully saturated rings. The fourth-order valence-electron chi connectivity index (χ4n) is 3.70. The predicted molar refractivity (Wildman–Crippen MR) is 122 cm³/mol. The monoisotopic (exact) mass is 427 g/mol. The summed E-state index contributed by atoms with van der Waals surface area (Å²) < 4.78 is 9.23. The van der Waals surface area contributed by atoms with Crippen LogP contribution in [0.15, 0.2) is 40.3 Å². The zero-order chi connectivity index (χ0) is 21.7. The molecule has 0 unspecified atom stereocenters. The van der Waals surface area contributed by atoms with E-state index in [0.717, 1.165) is 23.5 Å². The molecule has 0 atom stereocenters. The maximum atomic E-state index is 13.0. The van der Waals surface area contributed by atoms with E-state index in [-0.39, 0.29) is 17.1 Å². The quantitative estimate of drug-likeness (QED) is 0.210. The van der Waals surface area contributed by atoms with E-state index < -0.39 is 0 Å². The third-order valence-electron chi connectivity index (χ3n) is 5.22. The first-order valence-electron chi connectivity index (χ1n) is 10.4. The number of hydrogen-bond donors (Lipinski definition) is 0. The molecule has 7 heteroatoms. The van der Waals surface area contributed by atoms with Crippen molar-refractivity contribution < 1.29 is 9.53 Å². The topological polar surface area (TPSA) is 66.1 Å². The highest BCUT2D eigenvalue weighted by Gasteiger charge is 2.17. The molecule has 160 valence electrons. The van der Waals surface area contributed by atoms with E-state index in [1.54, 1.807) is 10.6 Å². The smallest absolute Gasteiger partial charge is 0.262 e. The van der Waals surface area contributed by atoms with E-state index in [9.17, 15) is 9.59 Å². The average Bonchev–Trinajstić information content (AvgIpc) is 3.04. The van der Waals surface area contributed by atoms with Crippen molar-refractivity contribution in [3.8, 4) is 0 Å². The summed E-state index contributed by atoms with van der Waals surface area (Å²) in [6, 6.07) is 9.29. The maximum Gasteiger partial charge on any atom is 0.262 e. The molecule has 0 N–H and O–H groups in total.